The molecule has 1 aliphatic heterocycles. The predicted molar refractivity (Wildman–Crippen MR) is 77.8 cm³/mol. The van der Waals surface area contributed by atoms with E-state index in [0.29, 0.717) is 12.1 Å². The zero-order chi connectivity index (χ0) is 14.8. The van der Waals surface area contributed by atoms with Crippen LogP contribution in [-0.4, -0.2) is 66.9 Å². The second-order valence-electron chi connectivity index (χ2n) is 6.83. The van der Waals surface area contributed by atoms with Gasteiger partial charge in [-0.05, 0) is 40.0 Å². The molecular weight excluding hydrogens is 256 g/mol. The number of carbonyl (C=O) groups excluding carboxylic acids is 1. The van der Waals surface area contributed by atoms with Crippen molar-refractivity contribution in [2.24, 2.45) is 0 Å². The van der Waals surface area contributed by atoms with Crippen LogP contribution in [-0.2, 0) is 9.47 Å². The molecule has 2 atom stereocenters. The number of piperazine rings is 1. The number of nitrogens with zero attached hydrogens (tertiary/aromatic N) is 2. The van der Waals surface area contributed by atoms with Crippen LogP contribution in [0.4, 0.5) is 4.79 Å². The van der Waals surface area contributed by atoms with Crippen molar-refractivity contribution in [2.45, 2.75) is 57.8 Å². The number of methoxy groups -OCH3 is 1. The first-order valence-corrected chi connectivity index (χ1v) is 7.64. The molecule has 0 bridgehead atoms. The average Bonchev–Trinajstić information content (AvgIpc) is 2.85. The van der Waals surface area contributed by atoms with Crippen molar-refractivity contribution in [3.8, 4) is 0 Å². The lowest BCUT2D eigenvalue weighted by Crippen LogP contribution is -2.52. The number of hydrogen-bond donors (Lipinski definition) is 0. The summed E-state index contributed by atoms with van der Waals surface area (Å²) in [6.45, 7) is 9.15. The Morgan fingerprint density at radius 2 is 1.75 bits per heavy atom. The van der Waals surface area contributed by atoms with E-state index in [1.54, 1.807) is 7.11 Å². The van der Waals surface area contributed by atoms with E-state index in [0.717, 1.165) is 39.0 Å². The van der Waals surface area contributed by atoms with Gasteiger partial charge in [0.05, 0.1) is 6.10 Å². The Labute approximate surface area is 122 Å². The predicted octanol–water partition coefficient (Wildman–Crippen LogP) is 2.11. The molecule has 1 heterocycles. The normalized spacial score (nSPS) is 28.7. The first kappa shape index (κ1) is 15.6. The van der Waals surface area contributed by atoms with E-state index < -0.39 is 5.60 Å². The largest absolute Gasteiger partial charge is 0.444 e. The molecule has 116 valence electrons. The van der Waals surface area contributed by atoms with Crippen molar-refractivity contribution in [3.63, 3.8) is 0 Å². The Morgan fingerprint density at radius 3 is 2.25 bits per heavy atom. The summed E-state index contributed by atoms with van der Waals surface area (Å²) in [4.78, 5) is 16.3. The molecule has 0 aromatic carbocycles. The fourth-order valence-corrected chi connectivity index (χ4v) is 3.06. The second kappa shape index (κ2) is 6.31. The summed E-state index contributed by atoms with van der Waals surface area (Å²) in [5.74, 6) is 0. The molecule has 1 aliphatic carbocycles. The Kier molecular flexibility index (Phi) is 4.91. The molecule has 2 rings (SSSR count). The highest BCUT2D eigenvalue weighted by atomic mass is 16.6. The third-order valence-corrected chi connectivity index (χ3v) is 4.17. The van der Waals surface area contributed by atoms with Crippen LogP contribution in [0, 0.1) is 0 Å². The highest BCUT2D eigenvalue weighted by Crippen LogP contribution is 2.27. The lowest BCUT2D eigenvalue weighted by atomic mass is 10.2. The van der Waals surface area contributed by atoms with E-state index in [1.807, 2.05) is 25.7 Å². The van der Waals surface area contributed by atoms with Gasteiger partial charge in [0.1, 0.15) is 5.60 Å². The summed E-state index contributed by atoms with van der Waals surface area (Å²) in [6, 6.07) is 0.626. The molecule has 2 fully saturated rings. The van der Waals surface area contributed by atoms with Gasteiger partial charge in [-0.1, -0.05) is 0 Å². The first-order chi connectivity index (χ1) is 9.39. The molecule has 5 nitrogen and oxygen atoms in total. The SMILES string of the molecule is COC1CC[C@@H](N2CCN(C(=O)OC(C)(C)C)CC2)C1. The van der Waals surface area contributed by atoms with Gasteiger partial charge in [-0.15, -0.1) is 0 Å². The summed E-state index contributed by atoms with van der Waals surface area (Å²) in [5, 5.41) is 0. The minimum Gasteiger partial charge on any atom is -0.444 e. The van der Waals surface area contributed by atoms with Crippen molar-refractivity contribution >= 4 is 6.09 Å². The summed E-state index contributed by atoms with van der Waals surface area (Å²) < 4.78 is 10.9. The van der Waals surface area contributed by atoms with Gasteiger partial charge < -0.3 is 14.4 Å². The highest BCUT2D eigenvalue weighted by molar-refractivity contribution is 5.68. The van der Waals surface area contributed by atoms with Gasteiger partial charge in [0.25, 0.3) is 0 Å². The zero-order valence-electron chi connectivity index (χ0n) is 13.2. The van der Waals surface area contributed by atoms with Gasteiger partial charge >= 0.3 is 6.09 Å². The third kappa shape index (κ3) is 4.09. The molecule has 0 aromatic rings. The summed E-state index contributed by atoms with van der Waals surface area (Å²) in [7, 11) is 1.80. The van der Waals surface area contributed by atoms with Crippen molar-refractivity contribution in [2.75, 3.05) is 33.3 Å². The van der Waals surface area contributed by atoms with Gasteiger partial charge in [0.15, 0.2) is 0 Å². The molecule has 5 heteroatoms. The number of ether oxygens (including phenoxy) is 2. The minimum absolute atomic E-state index is 0.182. The maximum atomic E-state index is 12.0. The molecule has 0 aromatic heterocycles. The maximum absolute atomic E-state index is 12.0. The molecular formula is C15H28N2O3. The van der Waals surface area contributed by atoms with Gasteiger partial charge in [-0.3, -0.25) is 4.90 Å². The zero-order valence-corrected chi connectivity index (χ0v) is 13.2. The summed E-state index contributed by atoms with van der Waals surface area (Å²) >= 11 is 0. The average molecular weight is 284 g/mol. The van der Waals surface area contributed by atoms with Crippen LogP contribution in [0.3, 0.4) is 0 Å². The Hall–Kier alpha value is -0.810. The Balaban J connectivity index is 1.76. The monoisotopic (exact) mass is 284 g/mol. The van der Waals surface area contributed by atoms with Crippen LogP contribution in [0.5, 0.6) is 0 Å². The summed E-state index contributed by atoms with van der Waals surface area (Å²) in [5.41, 5.74) is -0.411. The summed E-state index contributed by atoms with van der Waals surface area (Å²) in [6.07, 6.45) is 3.74. The molecule has 20 heavy (non-hydrogen) atoms. The van der Waals surface area contributed by atoms with Gasteiger partial charge in [-0.2, -0.15) is 0 Å². The lowest BCUT2D eigenvalue weighted by molar-refractivity contribution is 0.00946. The number of hydrogen-bond acceptors (Lipinski definition) is 4. The van der Waals surface area contributed by atoms with E-state index in [4.69, 9.17) is 9.47 Å². The third-order valence-electron chi connectivity index (χ3n) is 4.17. The maximum Gasteiger partial charge on any atom is 0.410 e. The first-order valence-electron chi connectivity index (χ1n) is 7.64. The van der Waals surface area contributed by atoms with Gasteiger partial charge in [-0.25, -0.2) is 4.79 Å². The molecule has 1 saturated heterocycles. The molecule has 2 aliphatic rings. The molecule has 1 unspecified atom stereocenters. The molecule has 1 amide bonds. The number of amides is 1. The Bertz CT molecular complexity index is 333. The van der Waals surface area contributed by atoms with Crippen molar-refractivity contribution in [1.29, 1.82) is 0 Å². The van der Waals surface area contributed by atoms with Crippen LogP contribution in [0.2, 0.25) is 0 Å². The molecule has 0 radical (unpaired) electrons. The number of rotatable bonds is 2. The topological polar surface area (TPSA) is 42.0 Å². The van der Waals surface area contributed by atoms with Crippen LogP contribution in [0.25, 0.3) is 0 Å². The van der Waals surface area contributed by atoms with Crippen LogP contribution >= 0.6 is 0 Å². The van der Waals surface area contributed by atoms with Crippen molar-refractivity contribution < 1.29 is 14.3 Å². The fourth-order valence-electron chi connectivity index (χ4n) is 3.06. The van der Waals surface area contributed by atoms with E-state index >= 15 is 0 Å². The lowest BCUT2D eigenvalue weighted by Gasteiger charge is -2.38. The van der Waals surface area contributed by atoms with E-state index in [9.17, 15) is 4.79 Å². The second-order valence-corrected chi connectivity index (χ2v) is 6.83. The number of carbonyl (C=O) groups is 1. The van der Waals surface area contributed by atoms with Crippen LogP contribution in [0.15, 0.2) is 0 Å². The van der Waals surface area contributed by atoms with Crippen molar-refractivity contribution in [3.05, 3.63) is 0 Å². The minimum atomic E-state index is -0.411. The van der Waals surface area contributed by atoms with E-state index in [-0.39, 0.29) is 6.09 Å². The smallest absolute Gasteiger partial charge is 0.410 e. The molecule has 0 spiro atoms. The van der Waals surface area contributed by atoms with Gasteiger partial charge in [0, 0.05) is 39.3 Å². The van der Waals surface area contributed by atoms with Crippen molar-refractivity contribution in [1.82, 2.24) is 9.80 Å². The van der Waals surface area contributed by atoms with Crippen LogP contribution in [0.1, 0.15) is 40.0 Å². The van der Waals surface area contributed by atoms with Crippen LogP contribution < -0.4 is 0 Å². The fraction of sp³-hybridized carbons (Fsp3) is 0.933. The molecule has 1 saturated carbocycles. The van der Waals surface area contributed by atoms with Gasteiger partial charge in [0.2, 0.25) is 0 Å². The van der Waals surface area contributed by atoms with E-state index in [2.05, 4.69) is 4.90 Å². The van der Waals surface area contributed by atoms with E-state index in [1.165, 1.54) is 6.42 Å². The standard InChI is InChI=1S/C15H28N2O3/c1-15(2,3)20-14(18)17-9-7-16(8-10-17)12-5-6-13(11-12)19-4/h12-13H,5-11H2,1-4H3/t12-,13?/m1/s1. The quantitative estimate of drug-likeness (QED) is 0.779. The highest BCUT2D eigenvalue weighted by Gasteiger charge is 2.33. The molecule has 0 N–H and O–H groups in total. The Morgan fingerprint density at radius 1 is 1.10 bits per heavy atom.